The van der Waals surface area contributed by atoms with E-state index in [4.69, 9.17) is 9.05 Å². The molecule has 0 fully saturated rings. The fourth-order valence-corrected chi connectivity index (χ4v) is 8.79. The normalized spacial score (nSPS) is 14.7. The highest BCUT2D eigenvalue weighted by Gasteiger charge is 2.24. The first-order chi connectivity index (χ1) is 36.0. The molecule has 0 aromatic rings. The number of likely N-dealkylation sites (N-methyl/N-ethyl adjacent to an activating group) is 1. The Labute approximate surface area is 456 Å². The number of rotatable bonds is 53. The average molecular weight is 1050 g/mol. The van der Waals surface area contributed by atoms with Gasteiger partial charge in [0.05, 0.1) is 39.9 Å². The molecule has 0 radical (unpaired) electrons. The molecule has 0 aromatic heterocycles. The molecule has 0 bridgehead atoms. The lowest BCUT2D eigenvalue weighted by Crippen LogP contribution is -2.46. The van der Waals surface area contributed by atoms with Gasteiger partial charge in [-0.25, -0.2) is 0 Å². The molecular weight excluding hydrogens is 936 g/mol. The number of aliphatic hydroxyl groups excluding tert-OH is 1. The summed E-state index contributed by atoms with van der Waals surface area (Å²) in [4.78, 5) is 25.5. The van der Waals surface area contributed by atoms with E-state index in [0.29, 0.717) is 23.9 Å². The lowest BCUT2D eigenvalue weighted by atomic mass is 10.0. The van der Waals surface area contributed by atoms with Gasteiger partial charge in [-0.15, -0.1) is 0 Å². The van der Waals surface area contributed by atoms with Crippen molar-refractivity contribution in [2.45, 2.75) is 244 Å². The summed E-state index contributed by atoms with van der Waals surface area (Å²) in [5.74, 6) is -0.184. The highest BCUT2D eigenvalue weighted by Crippen LogP contribution is 2.38. The molecule has 3 unspecified atom stereocenters. The fourth-order valence-electron chi connectivity index (χ4n) is 8.07. The molecule has 0 spiro atoms. The number of unbranched alkanes of at least 4 members (excludes halogenated alkanes) is 20. The number of aliphatic hydroxyl groups is 1. The highest BCUT2D eigenvalue weighted by molar-refractivity contribution is 7.45. The molecule has 424 valence electrons. The summed E-state index contributed by atoms with van der Waals surface area (Å²) in [6.45, 7) is 4.59. The van der Waals surface area contributed by atoms with Crippen LogP contribution in [-0.4, -0.2) is 68.5 Å². The smallest absolute Gasteiger partial charge is 0.268 e. The minimum absolute atomic E-state index is 0.00307. The van der Waals surface area contributed by atoms with Crippen molar-refractivity contribution in [3.8, 4) is 0 Å². The molecule has 0 aromatic carbocycles. The van der Waals surface area contributed by atoms with Crippen molar-refractivity contribution in [1.29, 1.82) is 0 Å². The van der Waals surface area contributed by atoms with Crippen molar-refractivity contribution in [1.82, 2.24) is 5.32 Å². The van der Waals surface area contributed by atoms with Crippen LogP contribution in [0.5, 0.6) is 0 Å². The molecular formula is C65H113N2O6P. The van der Waals surface area contributed by atoms with E-state index < -0.39 is 20.0 Å². The van der Waals surface area contributed by atoms with Crippen LogP contribution >= 0.6 is 7.82 Å². The molecule has 0 aliphatic heterocycles. The number of phosphoric acid groups is 1. The summed E-state index contributed by atoms with van der Waals surface area (Å²) in [7, 11) is 1.28. The monoisotopic (exact) mass is 1050 g/mol. The minimum Gasteiger partial charge on any atom is -0.756 e. The Bertz CT molecular complexity index is 1620. The van der Waals surface area contributed by atoms with E-state index in [1.54, 1.807) is 0 Å². The Morgan fingerprint density at radius 1 is 0.486 bits per heavy atom. The van der Waals surface area contributed by atoms with Crippen LogP contribution in [0.3, 0.4) is 0 Å². The number of nitrogens with one attached hydrogen (secondary N) is 1. The third kappa shape index (κ3) is 56.6. The van der Waals surface area contributed by atoms with Gasteiger partial charge in [0.1, 0.15) is 13.2 Å². The molecule has 0 saturated carbocycles. The van der Waals surface area contributed by atoms with E-state index in [0.717, 1.165) is 116 Å². The van der Waals surface area contributed by atoms with Crippen molar-refractivity contribution >= 4 is 13.7 Å². The summed E-state index contributed by atoms with van der Waals surface area (Å²) >= 11 is 0. The molecule has 74 heavy (non-hydrogen) atoms. The van der Waals surface area contributed by atoms with E-state index in [1.807, 2.05) is 21.1 Å². The number of nitrogens with zero attached hydrogens (tertiary/aromatic N) is 1. The maximum absolute atomic E-state index is 13.0. The van der Waals surface area contributed by atoms with E-state index in [-0.39, 0.29) is 19.1 Å². The molecule has 0 aliphatic rings. The van der Waals surface area contributed by atoms with Gasteiger partial charge in [0.25, 0.3) is 7.82 Å². The molecule has 3 atom stereocenters. The van der Waals surface area contributed by atoms with Gasteiger partial charge in [-0.3, -0.25) is 9.36 Å². The molecule has 8 nitrogen and oxygen atoms in total. The van der Waals surface area contributed by atoms with E-state index >= 15 is 0 Å². The molecule has 0 rings (SSSR count). The number of carbonyl (C=O) groups excluding carboxylic acids is 1. The maximum Gasteiger partial charge on any atom is 0.268 e. The first kappa shape index (κ1) is 70.9. The van der Waals surface area contributed by atoms with Gasteiger partial charge in [0, 0.05) is 6.42 Å². The SMILES string of the molecule is CC/C=C\C/C=C\C/C=C\C/C=C\C/C=C\C/C=C\C/C=C\C/C=C\C/C=C\C/C=C\CCCCCCCCC(=O)NC(COP(=O)([O-])OCC[N+](C)(C)C)C(O)CCCCCCCCCCCCCCCCC. The van der Waals surface area contributed by atoms with Crippen LogP contribution < -0.4 is 10.2 Å². The van der Waals surface area contributed by atoms with Crippen LogP contribution in [0.25, 0.3) is 0 Å². The molecule has 1 amide bonds. The number of carbonyl (C=O) groups is 1. The second-order valence-electron chi connectivity index (χ2n) is 21.0. The van der Waals surface area contributed by atoms with Crippen LogP contribution in [0.4, 0.5) is 0 Å². The van der Waals surface area contributed by atoms with Gasteiger partial charge >= 0.3 is 0 Å². The zero-order chi connectivity index (χ0) is 54.2. The van der Waals surface area contributed by atoms with Gasteiger partial charge < -0.3 is 28.8 Å². The van der Waals surface area contributed by atoms with Crippen molar-refractivity contribution in [2.75, 3.05) is 40.9 Å². The Morgan fingerprint density at radius 2 is 0.824 bits per heavy atom. The van der Waals surface area contributed by atoms with E-state index in [2.05, 4.69) is 141 Å². The standard InChI is InChI=1S/C65H113N2O6P/c1-6-8-10-12-14-16-18-20-22-23-24-25-26-27-28-29-30-31-32-33-34-35-36-37-38-39-40-41-42-43-45-47-49-51-53-55-57-59-65(69)66-63(62-73-74(70,71)72-61-60-67(3,4)5)64(68)58-56-54-52-50-48-46-44-21-19-17-15-13-11-9-7-2/h8,10,14,16,20,22,24-25,27-28,30-31,33-34,36-37,39-40,42-43,63-64,68H,6-7,9,11-13,15,17-19,21,23,26,29,32,35,38,41,44-62H2,1-5H3,(H-,66,69,70,71)/b10-8-,16-14-,22-20-,25-24-,28-27-,31-30-,34-33-,37-36-,40-39-,43-42-. The van der Waals surface area contributed by atoms with Crippen LogP contribution in [0.15, 0.2) is 122 Å². The number of hydrogen-bond acceptors (Lipinski definition) is 6. The van der Waals surface area contributed by atoms with Crippen molar-refractivity contribution in [2.24, 2.45) is 0 Å². The number of hydrogen-bond donors (Lipinski definition) is 2. The number of quaternary nitrogens is 1. The Hall–Kier alpha value is -3.10. The van der Waals surface area contributed by atoms with E-state index in [1.165, 1.54) is 89.9 Å². The van der Waals surface area contributed by atoms with Crippen LogP contribution in [-0.2, 0) is 18.4 Å². The third-order valence-electron chi connectivity index (χ3n) is 12.7. The van der Waals surface area contributed by atoms with Gasteiger partial charge in [-0.1, -0.05) is 257 Å². The van der Waals surface area contributed by atoms with Crippen molar-refractivity contribution in [3.63, 3.8) is 0 Å². The summed E-state index contributed by atoms with van der Waals surface area (Å²) in [5.41, 5.74) is 0. The van der Waals surface area contributed by atoms with E-state index in [9.17, 15) is 19.4 Å². The summed E-state index contributed by atoms with van der Waals surface area (Å²) in [6.07, 6.45) is 80.9. The largest absolute Gasteiger partial charge is 0.756 e. The Kier molecular flexibility index (Phi) is 52.4. The van der Waals surface area contributed by atoms with Gasteiger partial charge in [0.15, 0.2) is 0 Å². The van der Waals surface area contributed by atoms with Gasteiger partial charge in [0.2, 0.25) is 5.91 Å². The van der Waals surface area contributed by atoms with Gasteiger partial charge in [-0.2, -0.15) is 0 Å². The van der Waals surface area contributed by atoms with Crippen LogP contribution in [0.2, 0.25) is 0 Å². The Balaban J connectivity index is 4.17. The lowest BCUT2D eigenvalue weighted by Gasteiger charge is -2.30. The molecule has 9 heteroatoms. The zero-order valence-electron chi connectivity index (χ0n) is 48.2. The number of phosphoric ester groups is 1. The number of allylic oxidation sites excluding steroid dienone is 20. The van der Waals surface area contributed by atoms with Crippen LogP contribution in [0.1, 0.15) is 232 Å². The first-order valence-electron chi connectivity index (χ1n) is 29.9. The third-order valence-corrected chi connectivity index (χ3v) is 13.7. The highest BCUT2D eigenvalue weighted by atomic mass is 31.2. The fraction of sp³-hybridized carbons (Fsp3) is 0.677. The van der Waals surface area contributed by atoms with Crippen molar-refractivity contribution < 1.29 is 32.9 Å². The average Bonchev–Trinajstić information content (AvgIpc) is 3.36. The zero-order valence-corrected chi connectivity index (χ0v) is 49.1. The Morgan fingerprint density at radius 3 is 1.20 bits per heavy atom. The first-order valence-corrected chi connectivity index (χ1v) is 31.3. The predicted molar refractivity (Wildman–Crippen MR) is 320 cm³/mol. The second-order valence-corrected chi connectivity index (χ2v) is 22.4. The summed E-state index contributed by atoms with van der Waals surface area (Å²) in [5, 5.41) is 14.0. The van der Waals surface area contributed by atoms with Crippen LogP contribution in [0, 0.1) is 0 Å². The molecule has 0 aliphatic carbocycles. The predicted octanol–water partition coefficient (Wildman–Crippen LogP) is 17.9. The van der Waals surface area contributed by atoms with Crippen molar-refractivity contribution in [3.05, 3.63) is 122 Å². The molecule has 2 N–H and O–H groups in total. The number of amides is 1. The second kappa shape index (κ2) is 54.7. The topological polar surface area (TPSA) is 108 Å². The maximum atomic E-state index is 13.0. The quantitative estimate of drug-likeness (QED) is 0.0272. The summed E-state index contributed by atoms with van der Waals surface area (Å²) in [6, 6.07) is -0.817. The molecule has 0 heterocycles. The van der Waals surface area contributed by atoms with Gasteiger partial charge in [-0.05, 0) is 89.9 Å². The summed E-state index contributed by atoms with van der Waals surface area (Å²) < 4.78 is 23.4. The molecule has 0 saturated heterocycles. The minimum atomic E-state index is -4.58. The lowest BCUT2D eigenvalue weighted by molar-refractivity contribution is -0.870.